The summed E-state index contributed by atoms with van der Waals surface area (Å²) in [6.45, 7) is 5.19. The number of hydrogen-bond acceptors (Lipinski definition) is 4. The van der Waals surface area contributed by atoms with Crippen molar-refractivity contribution in [3.63, 3.8) is 0 Å². The van der Waals surface area contributed by atoms with Crippen molar-refractivity contribution in [2.45, 2.75) is 39.7 Å². The number of likely N-dealkylation sites (tertiary alicyclic amines) is 1. The Kier molecular flexibility index (Phi) is 4.71. The minimum absolute atomic E-state index is 0.0949. The van der Waals surface area contributed by atoms with Crippen molar-refractivity contribution in [1.29, 1.82) is 0 Å². The van der Waals surface area contributed by atoms with Gasteiger partial charge in [-0.15, -0.1) is 0 Å². The second kappa shape index (κ2) is 6.50. The Balaban J connectivity index is 2.05. The van der Waals surface area contributed by atoms with E-state index in [1.165, 1.54) is 4.90 Å². The van der Waals surface area contributed by atoms with Gasteiger partial charge in [0.1, 0.15) is 0 Å². The monoisotopic (exact) mass is 275 g/mol. The summed E-state index contributed by atoms with van der Waals surface area (Å²) < 4.78 is 0. The van der Waals surface area contributed by atoms with Crippen LogP contribution in [0.3, 0.4) is 0 Å². The number of carbonyl (C=O) groups is 2. The number of nitrogens with one attached hydrogen (secondary N) is 1. The van der Waals surface area contributed by atoms with Crippen molar-refractivity contribution in [3.8, 4) is 0 Å². The minimum atomic E-state index is -0.0949. The van der Waals surface area contributed by atoms with Crippen molar-refractivity contribution in [1.82, 2.24) is 9.88 Å². The third-order valence-corrected chi connectivity index (χ3v) is 3.36. The number of pyridine rings is 1. The topological polar surface area (TPSA) is 62.3 Å². The van der Waals surface area contributed by atoms with Gasteiger partial charge in [0.05, 0.1) is 12.2 Å². The van der Waals surface area contributed by atoms with Gasteiger partial charge in [0, 0.05) is 31.3 Å². The molecule has 0 spiro atoms. The van der Waals surface area contributed by atoms with Crippen LogP contribution in [0.15, 0.2) is 18.3 Å². The van der Waals surface area contributed by atoms with E-state index in [4.69, 9.17) is 0 Å². The Morgan fingerprint density at radius 2 is 2.05 bits per heavy atom. The maximum absolute atomic E-state index is 11.9. The number of nitrogens with zero attached hydrogens (tertiary/aromatic N) is 2. The standard InChI is InChI=1S/C15H21N3O2/c1-3-5-16-12-4-6-17-13(9-12)10-18-14(19)7-11(2)8-15(18)20/h4,6,9,11H,3,5,7-8,10H2,1-2H3,(H,16,17). The first-order valence-electron chi connectivity index (χ1n) is 7.12. The first kappa shape index (κ1) is 14.5. The maximum Gasteiger partial charge on any atom is 0.229 e. The van der Waals surface area contributed by atoms with Gasteiger partial charge < -0.3 is 5.32 Å². The number of hydrogen-bond donors (Lipinski definition) is 1. The molecule has 1 aromatic heterocycles. The predicted molar refractivity (Wildman–Crippen MR) is 77.0 cm³/mol. The number of carbonyl (C=O) groups excluding carboxylic acids is 2. The third-order valence-electron chi connectivity index (χ3n) is 3.36. The molecular formula is C15H21N3O2. The van der Waals surface area contributed by atoms with E-state index in [0.717, 1.165) is 24.3 Å². The van der Waals surface area contributed by atoms with E-state index in [1.54, 1.807) is 6.20 Å². The van der Waals surface area contributed by atoms with Gasteiger partial charge in [-0.2, -0.15) is 0 Å². The number of amides is 2. The molecule has 1 aliphatic rings. The lowest BCUT2D eigenvalue weighted by atomic mass is 9.97. The molecule has 0 bridgehead atoms. The van der Waals surface area contributed by atoms with E-state index in [2.05, 4.69) is 17.2 Å². The molecule has 2 amide bonds. The fourth-order valence-corrected chi connectivity index (χ4v) is 2.31. The highest BCUT2D eigenvalue weighted by Gasteiger charge is 2.30. The highest BCUT2D eigenvalue weighted by molar-refractivity contribution is 5.97. The van der Waals surface area contributed by atoms with Gasteiger partial charge in [0.2, 0.25) is 11.8 Å². The number of aromatic nitrogens is 1. The van der Waals surface area contributed by atoms with Crippen LogP contribution in [0.1, 0.15) is 38.8 Å². The Hall–Kier alpha value is -1.91. The molecule has 1 fully saturated rings. The number of piperidine rings is 1. The van der Waals surface area contributed by atoms with Crippen LogP contribution in [0.2, 0.25) is 0 Å². The van der Waals surface area contributed by atoms with Gasteiger partial charge in [0.15, 0.2) is 0 Å². The van der Waals surface area contributed by atoms with Crippen LogP contribution in [0.25, 0.3) is 0 Å². The van der Waals surface area contributed by atoms with Crippen LogP contribution in [-0.2, 0) is 16.1 Å². The molecule has 2 heterocycles. The molecule has 0 aliphatic carbocycles. The van der Waals surface area contributed by atoms with Crippen molar-refractivity contribution >= 4 is 17.5 Å². The van der Waals surface area contributed by atoms with Crippen molar-refractivity contribution < 1.29 is 9.59 Å². The SMILES string of the molecule is CCCNc1ccnc(CN2C(=O)CC(C)CC2=O)c1. The minimum Gasteiger partial charge on any atom is -0.385 e. The fourth-order valence-electron chi connectivity index (χ4n) is 2.31. The van der Waals surface area contributed by atoms with Gasteiger partial charge in [-0.1, -0.05) is 13.8 Å². The Morgan fingerprint density at radius 3 is 2.70 bits per heavy atom. The Morgan fingerprint density at radius 1 is 1.35 bits per heavy atom. The zero-order valence-electron chi connectivity index (χ0n) is 12.1. The molecule has 5 nitrogen and oxygen atoms in total. The summed E-state index contributed by atoms with van der Waals surface area (Å²) in [4.78, 5) is 29.4. The molecular weight excluding hydrogens is 254 g/mol. The Bertz CT molecular complexity index is 484. The highest BCUT2D eigenvalue weighted by atomic mass is 16.2. The van der Waals surface area contributed by atoms with Crippen LogP contribution in [0, 0.1) is 5.92 Å². The lowest BCUT2D eigenvalue weighted by Gasteiger charge is -2.28. The lowest BCUT2D eigenvalue weighted by Crippen LogP contribution is -2.42. The molecule has 108 valence electrons. The van der Waals surface area contributed by atoms with Crippen LogP contribution in [0.5, 0.6) is 0 Å². The molecule has 1 aromatic rings. The summed E-state index contributed by atoms with van der Waals surface area (Å²) in [5.41, 5.74) is 1.71. The molecule has 1 aliphatic heterocycles. The predicted octanol–water partition coefficient (Wildman–Crippen LogP) is 2.19. The smallest absolute Gasteiger partial charge is 0.229 e. The highest BCUT2D eigenvalue weighted by Crippen LogP contribution is 2.21. The van der Waals surface area contributed by atoms with E-state index < -0.39 is 0 Å². The summed E-state index contributed by atoms with van der Waals surface area (Å²) in [6.07, 6.45) is 3.63. The molecule has 0 saturated carbocycles. The number of rotatable bonds is 5. The summed E-state index contributed by atoms with van der Waals surface area (Å²) in [7, 11) is 0. The zero-order valence-corrected chi connectivity index (χ0v) is 12.1. The van der Waals surface area contributed by atoms with Gasteiger partial charge >= 0.3 is 0 Å². The van der Waals surface area contributed by atoms with E-state index in [1.807, 2.05) is 19.1 Å². The molecule has 0 radical (unpaired) electrons. The van der Waals surface area contributed by atoms with E-state index in [0.29, 0.717) is 12.8 Å². The average Bonchev–Trinajstić information content (AvgIpc) is 2.41. The molecule has 1 saturated heterocycles. The molecule has 1 N–H and O–H groups in total. The van der Waals surface area contributed by atoms with Gasteiger partial charge in [0.25, 0.3) is 0 Å². The first-order valence-corrected chi connectivity index (χ1v) is 7.12. The van der Waals surface area contributed by atoms with Gasteiger partial charge in [-0.25, -0.2) is 0 Å². The number of anilines is 1. The lowest BCUT2D eigenvalue weighted by molar-refractivity contribution is -0.150. The molecule has 2 rings (SSSR count). The Labute approximate surface area is 119 Å². The van der Waals surface area contributed by atoms with Crippen LogP contribution in [0.4, 0.5) is 5.69 Å². The quantitative estimate of drug-likeness (QED) is 0.837. The van der Waals surface area contributed by atoms with Crippen molar-refractivity contribution in [2.24, 2.45) is 5.92 Å². The fraction of sp³-hybridized carbons (Fsp3) is 0.533. The maximum atomic E-state index is 11.9. The molecule has 20 heavy (non-hydrogen) atoms. The van der Waals surface area contributed by atoms with E-state index >= 15 is 0 Å². The van der Waals surface area contributed by atoms with E-state index in [-0.39, 0.29) is 24.3 Å². The summed E-state index contributed by atoms with van der Waals surface area (Å²) in [5, 5.41) is 3.27. The van der Waals surface area contributed by atoms with E-state index in [9.17, 15) is 9.59 Å². The largest absolute Gasteiger partial charge is 0.385 e. The first-order chi connectivity index (χ1) is 9.60. The third kappa shape index (κ3) is 3.56. The second-order valence-corrected chi connectivity index (χ2v) is 5.35. The normalized spacial score (nSPS) is 16.6. The van der Waals surface area contributed by atoms with Gasteiger partial charge in [-0.3, -0.25) is 19.5 Å². The van der Waals surface area contributed by atoms with Crippen molar-refractivity contribution in [2.75, 3.05) is 11.9 Å². The molecule has 5 heteroatoms. The molecule has 0 aromatic carbocycles. The van der Waals surface area contributed by atoms with Crippen molar-refractivity contribution in [3.05, 3.63) is 24.0 Å². The second-order valence-electron chi connectivity index (χ2n) is 5.35. The molecule has 0 unspecified atom stereocenters. The number of imide groups is 1. The summed E-state index contributed by atoms with van der Waals surface area (Å²) in [5.74, 6) is -0.0401. The van der Waals surface area contributed by atoms with Gasteiger partial charge in [-0.05, 0) is 24.5 Å². The molecule has 0 atom stereocenters. The van der Waals surface area contributed by atoms with Crippen LogP contribution in [-0.4, -0.2) is 28.2 Å². The van der Waals surface area contributed by atoms with Crippen LogP contribution < -0.4 is 5.32 Å². The summed E-state index contributed by atoms with van der Waals surface area (Å²) in [6, 6.07) is 3.79. The average molecular weight is 275 g/mol. The van der Waals surface area contributed by atoms with Crippen LogP contribution >= 0.6 is 0 Å². The summed E-state index contributed by atoms with van der Waals surface area (Å²) >= 11 is 0. The zero-order chi connectivity index (χ0) is 14.5.